The average Bonchev–Trinajstić information content (AvgIpc) is 2.40. The van der Waals surface area contributed by atoms with Gasteiger partial charge >= 0.3 is 7.60 Å². The molecule has 0 aromatic carbocycles. The van der Waals surface area contributed by atoms with Gasteiger partial charge in [-0.1, -0.05) is 0 Å². The van der Waals surface area contributed by atoms with Crippen molar-refractivity contribution in [1.29, 1.82) is 0 Å². The summed E-state index contributed by atoms with van der Waals surface area (Å²) in [6.07, 6.45) is -6.08. The molecule has 0 saturated carbocycles. The fourth-order valence-corrected chi connectivity index (χ4v) is 2.72. The van der Waals surface area contributed by atoms with Crippen LogP contribution in [0, 0.1) is 5.21 Å². The van der Waals surface area contributed by atoms with E-state index < -0.39 is 37.2 Å². The fraction of sp³-hybridized carbons (Fsp3) is 0.889. The first-order chi connectivity index (χ1) is 9.75. The zero-order valence-electron chi connectivity index (χ0n) is 15.5. The third-order valence-electron chi connectivity index (χ3n) is 1.74. The largest absolute Gasteiger partial charge is 0.623 e. The molecule has 6 heteroatoms. The van der Waals surface area contributed by atoms with E-state index in [9.17, 15) is 9.77 Å². The highest BCUT2D eigenvalue weighted by Gasteiger charge is 2.56. The van der Waals surface area contributed by atoms with Crippen molar-refractivity contribution in [2.45, 2.75) is 38.7 Å². The molecule has 0 fully saturated rings. The molecule has 1 atom stereocenters. The van der Waals surface area contributed by atoms with Crippen LogP contribution in [0.2, 0.25) is 0 Å². The summed E-state index contributed by atoms with van der Waals surface area (Å²) in [5, 5.41) is 8.93. The van der Waals surface area contributed by atoms with Crippen LogP contribution in [0.15, 0.2) is 0 Å². The molecule has 1 heterocycles. The Morgan fingerprint density at radius 1 is 1.67 bits per heavy atom. The lowest BCUT2D eigenvalue weighted by atomic mass is 10.2. The molecule has 0 unspecified atom stereocenters. The van der Waals surface area contributed by atoms with Gasteiger partial charge in [-0.05, 0) is 13.8 Å². The second-order valence-corrected chi connectivity index (χ2v) is 4.89. The molecule has 5 nitrogen and oxygen atoms in total. The third-order valence-corrected chi connectivity index (χ3v) is 4.04. The van der Waals surface area contributed by atoms with Crippen molar-refractivity contribution in [2.24, 2.45) is 0 Å². The zero-order valence-corrected chi connectivity index (χ0v) is 9.41. The van der Waals surface area contributed by atoms with Crippen LogP contribution in [0.1, 0.15) is 43.0 Å². The molecule has 0 N–H and O–H groups in total. The Bertz CT molecular complexity index is 511. The van der Waals surface area contributed by atoms with Crippen molar-refractivity contribution < 1.29 is 27.9 Å². The predicted molar refractivity (Wildman–Crippen MR) is 58.2 cm³/mol. The Labute approximate surface area is 100 Å². The van der Waals surface area contributed by atoms with E-state index in [1.165, 1.54) is 13.8 Å². The fourth-order valence-electron chi connectivity index (χ4n) is 1.09. The van der Waals surface area contributed by atoms with E-state index in [2.05, 4.69) is 0 Å². The van der Waals surface area contributed by atoms with Gasteiger partial charge in [0, 0.05) is 29.2 Å². The third kappa shape index (κ3) is 2.10. The summed E-state index contributed by atoms with van der Waals surface area (Å²) in [6.45, 7) is -1.34. The van der Waals surface area contributed by atoms with Gasteiger partial charge in [-0.3, -0.25) is 4.57 Å². The molecule has 1 aliphatic heterocycles. The first-order valence-corrected chi connectivity index (χ1v) is 6.01. The first kappa shape index (κ1) is 5.80. The van der Waals surface area contributed by atoms with Crippen molar-refractivity contribution in [2.75, 3.05) is 13.2 Å². The van der Waals surface area contributed by atoms with Gasteiger partial charge in [-0.2, -0.15) is 4.74 Å². The summed E-state index contributed by atoms with van der Waals surface area (Å²) in [4.78, 5) is 0. The van der Waals surface area contributed by atoms with E-state index >= 15 is 0 Å². The molecule has 0 aliphatic carbocycles. The van der Waals surface area contributed by atoms with Gasteiger partial charge in [0.15, 0.2) is 6.21 Å². The van der Waals surface area contributed by atoms with Crippen molar-refractivity contribution in [3.63, 3.8) is 0 Å². The van der Waals surface area contributed by atoms with Crippen molar-refractivity contribution in [1.82, 2.24) is 0 Å². The molecule has 0 bridgehead atoms. The van der Waals surface area contributed by atoms with Crippen LogP contribution in [-0.2, 0) is 13.6 Å². The molecule has 88 valence electrons. The molecule has 0 radical (unpaired) electrons. The number of hydrogen-bond acceptors (Lipinski definition) is 4. The van der Waals surface area contributed by atoms with E-state index in [0.29, 0.717) is 0 Å². The van der Waals surface area contributed by atoms with Gasteiger partial charge in [-0.25, -0.2) is 0 Å². The highest BCUT2D eigenvalue weighted by atomic mass is 31.2. The summed E-state index contributed by atoms with van der Waals surface area (Å²) in [6, 6.07) is 0. The Balaban J connectivity index is 3.81. The molecule has 0 spiro atoms. The lowest BCUT2D eigenvalue weighted by Gasteiger charge is -2.30. The second kappa shape index (κ2) is 4.64. The van der Waals surface area contributed by atoms with Crippen molar-refractivity contribution >= 4 is 13.8 Å². The van der Waals surface area contributed by atoms with Gasteiger partial charge in [0.05, 0.1) is 13.2 Å². The number of hydroxylamine groups is 1. The molecule has 0 aromatic rings. The van der Waals surface area contributed by atoms with Crippen molar-refractivity contribution in [3.8, 4) is 0 Å². The van der Waals surface area contributed by atoms with Crippen LogP contribution in [-0.4, -0.2) is 29.4 Å². The summed E-state index contributed by atoms with van der Waals surface area (Å²) < 4.78 is 76.2. The number of rotatable bonds is 5. The maximum atomic E-state index is 13.0. The molecule has 1 aliphatic rings. The summed E-state index contributed by atoms with van der Waals surface area (Å²) in [5.41, 5.74) is 0. The molecule has 1 rings (SSSR count). The molecule has 0 saturated heterocycles. The van der Waals surface area contributed by atoms with E-state index in [4.69, 9.17) is 18.6 Å². The smallest absolute Gasteiger partial charge is 0.401 e. The Morgan fingerprint density at radius 3 is 2.60 bits per heavy atom. The van der Waals surface area contributed by atoms with Crippen LogP contribution < -0.4 is 0 Å². The summed E-state index contributed by atoms with van der Waals surface area (Å²) in [7, 11) is -4.87. The van der Waals surface area contributed by atoms with Gasteiger partial charge in [-0.15, -0.1) is 0 Å². The van der Waals surface area contributed by atoms with E-state index in [0.717, 1.165) is 0 Å². The lowest BCUT2D eigenvalue weighted by Crippen LogP contribution is -2.33. The highest BCUT2D eigenvalue weighted by molar-refractivity contribution is 7.55. The molecule has 15 heavy (non-hydrogen) atoms. The van der Waals surface area contributed by atoms with Gasteiger partial charge < -0.3 is 14.3 Å². The second-order valence-electron chi connectivity index (χ2n) is 2.73. The standard InChI is InChI=1S/C9H18NO4P/c1-4-13-15(12,14-5-2)9(3)7-6-8-10(9)11/h8H,4-7H2,1-3H3/t9-/m0/s1/i3D3,6D2,7D2. The highest BCUT2D eigenvalue weighted by Crippen LogP contribution is 2.62. The Kier molecular flexibility index (Phi) is 1.80. The van der Waals surface area contributed by atoms with Crippen LogP contribution in [0.5, 0.6) is 0 Å². The summed E-state index contributed by atoms with van der Waals surface area (Å²) in [5.74, 6) is 0. The Morgan fingerprint density at radius 2 is 2.27 bits per heavy atom. The van der Waals surface area contributed by atoms with Crippen molar-refractivity contribution in [3.05, 3.63) is 5.21 Å². The van der Waals surface area contributed by atoms with Gasteiger partial charge in [0.2, 0.25) is 0 Å². The monoisotopic (exact) mass is 242 g/mol. The van der Waals surface area contributed by atoms with Crippen LogP contribution in [0.4, 0.5) is 0 Å². The molecule has 0 amide bonds. The minimum absolute atomic E-state index is 0.226. The molecule has 0 aromatic heterocycles. The topological polar surface area (TPSA) is 61.6 Å². The molecular weight excluding hydrogens is 217 g/mol. The predicted octanol–water partition coefficient (Wildman–Crippen LogP) is 2.34. The van der Waals surface area contributed by atoms with E-state index in [1.807, 2.05) is 0 Å². The SMILES string of the molecule is [2H]C1([2H])C=[N+]([O-])[C@@](C([2H])([2H])[2H])(P(=O)(OCC)OCC)C1([2H])[2H]. The number of nitrogens with zero attached hydrogens (tertiary/aromatic N) is 1. The average molecular weight is 242 g/mol. The van der Waals surface area contributed by atoms with Gasteiger partial charge in [0.1, 0.15) is 0 Å². The number of hydrogen-bond donors (Lipinski definition) is 0. The van der Waals surface area contributed by atoms with Crippen LogP contribution in [0.3, 0.4) is 0 Å². The minimum atomic E-state index is -4.87. The Hall–Kier alpha value is -0.380. The first-order valence-electron chi connectivity index (χ1n) is 7.97. The normalized spacial score (nSPS) is 41.2. The minimum Gasteiger partial charge on any atom is -0.623 e. The zero-order chi connectivity index (χ0) is 17.6. The van der Waals surface area contributed by atoms with Crippen LogP contribution in [0.25, 0.3) is 0 Å². The maximum absolute atomic E-state index is 13.0. The van der Waals surface area contributed by atoms with Crippen LogP contribution >= 0.6 is 7.60 Å². The quantitative estimate of drug-likeness (QED) is 0.422. The van der Waals surface area contributed by atoms with Gasteiger partial charge in [0.25, 0.3) is 5.28 Å². The molecular formula is C9H18NO4P. The maximum Gasteiger partial charge on any atom is 0.401 e. The van der Waals surface area contributed by atoms with E-state index in [1.54, 1.807) is 0 Å². The lowest BCUT2D eigenvalue weighted by molar-refractivity contribution is -0.506. The summed E-state index contributed by atoms with van der Waals surface area (Å²) >= 11 is 0. The van der Waals surface area contributed by atoms with E-state index in [-0.39, 0.29) is 19.4 Å².